The van der Waals surface area contributed by atoms with Gasteiger partial charge in [-0.15, -0.1) is 0 Å². The molecule has 1 aromatic rings. The summed E-state index contributed by atoms with van der Waals surface area (Å²) in [6.45, 7) is 6.94. The van der Waals surface area contributed by atoms with Gasteiger partial charge in [-0.1, -0.05) is 12.1 Å². The van der Waals surface area contributed by atoms with Crippen LogP contribution in [0.5, 0.6) is 0 Å². The van der Waals surface area contributed by atoms with Crippen molar-refractivity contribution in [2.24, 2.45) is 0 Å². The van der Waals surface area contributed by atoms with Crippen molar-refractivity contribution in [2.75, 3.05) is 27.4 Å². The number of benzene rings is 1. The number of nitrogens with zero attached hydrogens (tertiary/aromatic N) is 1. The van der Waals surface area contributed by atoms with Crippen molar-refractivity contribution in [1.82, 2.24) is 4.90 Å². The molecule has 0 aromatic heterocycles. The second-order valence-electron chi connectivity index (χ2n) is 7.69. The molecule has 0 aliphatic carbocycles. The zero-order valence-corrected chi connectivity index (χ0v) is 19.0. The summed E-state index contributed by atoms with van der Waals surface area (Å²) in [7, 11) is 3.16. The average Bonchev–Trinajstić information content (AvgIpc) is 2.70. The minimum Gasteiger partial charge on any atom is -0.460 e. The quantitative estimate of drug-likeness (QED) is 0.448. The summed E-state index contributed by atoms with van der Waals surface area (Å²) in [5.41, 5.74) is 0.905. The highest BCUT2D eigenvalue weighted by Gasteiger charge is 2.40. The van der Waals surface area contributed by atoms with Gasteiger partial charge in [0.2, 0.25) is 0 Å². The molecule has 6 nitrogen and oxygen atoms in total. The Kier molecular flexibility index (Phi) is 8.12. The lowest BCUT2D eigenvalue weighted by atomic mass is 9.79. The molecule has 1 aliphatic heterocycles. The molecule has 0 N–H and O–H groups in total. The topological polar surface area (TPSA) is 65.1 Å². The number of carbonyl (C=O) groups is 2. The average molecular weight is 455 g/mol. The van der Waals surface area contributed by atoms with Crippen LogP contribution in [-0.2, 0) is 30.0 Å². The summed E-state index contributed by atoms with van der Waals surface area (Å²) < 4.78 is 54.9. The summed E-state index contributed by atoms with van der Waals surface area (Å²) in [6, 6.07) is 4.39. The third-order valence-electron chi connectivity index (χ3n) is 5.24. The molecule has 1 unspecified atom stereocenters. The first-order chi connectivity index (χ1) is 14.9. The Morgan fingerprint density at radius 1 is 1.00 bits per heavy atom. The van der Waals surface area contributed by atoms with Crippen LogP contribution in [0.1, 0.15) is 44.7 Å². The van der Waals surface area contributed by atoms with E-state index >= 15 is 0 Å². The molecule has 0 radical (unpaired) electrons. The van der Waals surface area contributed by atoms with Crippen LogP contribution in [0, 0.1) is 0 Å². The van der Waals surface area contributed by atoms with E-state index in [0.717, 1.165) is 12.1 Å². The van der Waals surface area contributed by atoms with Gasteiger partial charge in [0.1, 0.15) is 6.61 Å². The number of rotatable bonds is 7. The molecule has 1 heterocycles. The lowest BCUT2D eigenvalue weighted by Gasteiger charge is -2.36. The van der Waals surface area contributed by atoms with Crippen LogP contribution in [0.4, 0.5) is 13.2 Å². The number of carbonyl (C=O) groups excluding carboxylic acids is 2. The number of alkyl halides is 3. The maximum Gasteiger partial charge on any atom is 0.416 e. The van der Waals surface area contributed by atoms with E-state index in [9.17, 15) is 22.8 Å². The fourth-order valence-electron chi connectivity index (χ4n) is 3.48. The fourth-order valence-corrected chi connectivity index (χ4v) is 3.48. The van der Waals surface area contributed by atoms with Crippen LogP contribution in [0.15, 0.2) is 46.8 Å². The van der Waals surface area contributed by atoms with Crippen molar-refractivity contribution < 1.29 is 37.0 Å². The molecule has 0 saturated heterocycles. The molecule has 176 valence electrons. The van der Waals surface area contributed by atoms with Gasteiger partial charge in [0, 0.05) is 25.6 Å². The lowest BCUT2D eigenvalue weighted by molar-refractivity contribution is -0.143. The monoisotopic (exact) mass is 455 g/mol. The Labute approximate surface area is 185 Å². The van der Waals surface area contributed by atoms with Gasteiger partial charge >= 0.3 is 18.1 Å². The molecule has 2 rings (SSSR count). The zero-order valence-electron chi connectivity index (χ0n) is 19.0. The first-order valence-electron chi connectivity index (χ1n) is 10.1. The van der Waals surface area contributed by atoms with Gasteiger partial charge in [0.25, 0.3) is 0 Å². The number of ether oxygens (including phenoxy) is 3. The first-order valence-corrected chi connectivity index (χ1v) is 10.1. The van der Waals surface area contributed by atoms with E-state index in [1.54, 1.807) is 39.6 Å². The zero-order chi connectivity index (χ0) is 24.2. The van der Waals surface area contributed by atoms with Gasteiger partial charge in [0.15, 0.2) is 0 Å². The molecule has 9 heteroatoms. The van der Waals surface area contributed by atoms with Crippen molar-refractivity contribution >= 4 is 11.9 Å². The summed E-state index contributed by atoms with van der Waals surface area (Å²) in [4.78, 5) is 27.7. The molecule has 0 bridgehead atoms. The highest BCUT2D eigenvalue weighted by molar-refractivity contribution is 5.99. The number of halogens is 3. The number of hydrogen-bond donors (Lipinski definition) is 0. The molecule has 0 amide bonds. The van der Waals surface area contributed by atoms with Crippen molar-refractivity contribution in [1.29, 1.82) is 0 Å². The SMILES string of the molecule is COCCOC(=O)C1=C(C)N(C)C(C)=C(C(=O)OC(C)C)C1c1ccc(C(F)(F)F)cc1. The first kappa shape index (κ1) is 25.5. The third kappa shape index (κ3) is 5.51. The van der Waals surface area contributed by atoms with E-state index in [1.165, 1.54) is 19.2 Å². The predicted octanol–water partition coefficient (Wildman–Crippen LogP) is 4.42. The third-order valence-corrected chi connectivity index (χ3v) is 5.24. The molecular formula is C23H28F3NO5. The van der Waals surface area contributed by atoms with Gasteiger partial charge in [0.05, 0.1) is 35.3 Å². The Balaban J connectivity index is 2.64. The van der Waals surface area contributed by atoms with Crippen LogP contribution in [-0.4, -0.2) is 50.3 Å². The highest BCUT2D eigenvalue weighted by atomic mass is 19.4. The molecule has 0 saturated carbocycles. The molecule has 1 aromatic carbocycles. The molecule has 0 fully saturated rings. The van der Waals surface area contributed by atoms with Crippen molar-refractivity contribution in [3.8, 4) is 0 Å². The van der Waals surface area contributed by atoms with E-state index < -0.39 is 35.7 Å². The number of methoxy groups -OCH3 is 1. The lowest BCUT2D eigenvalue weighted by Crippen LogP contribution is -2.34. The molecule has 1 atom stereocenters. The van der Waals surface area contributed by atoms with Crippen LogP contribution in [0.2, 0.25) is 0 Å². The van der Waals surface area contributed by atoms with Gasteiger partial charge < -0.3 is 19.1 Å². The minimum absolute atomic E-state index is 0.00989. The highest BCUT2D eigenvalue weighted by Crippen LogP contribution is 2.43. The summed E-state index contributed by atoms with van der Waals surface area (Å²) in [6.07, 6.45) is -4.94. The number of hydrogen-bond acceptors (Lipinski definition) is 6. The van der Waals surface area contributed by atoms with E-state index in [0.29, 0.717) is 17.0 Å². The van der Waals surface area contributed by atoms with Crippen LogP contribution < -0.4 is 0 Å². The fraction of sp³-hybridized carbons (Fsp3) is 0.478. The molecule has 1 aliphatic rings. The second kappa shape index (κ2) is 10.2. The van der Waals surface area contributed by atoms with Crippen molar-refractivity contribution in [3.63, 3.8) is 0 Å². The predicted molar refractivity (Wildman–Crippen MR) is 111 cm³/mol. The van der Waals surface area contributed by atoms with Gasteiger partial charge in [-0.2, -0.15) is 13.2 Å². The van der Waals surface area contributed by atoms with Gasteiger partial charge in [-0.3, -0.25) is 0 Å². The maximum absolute atomic E-state index is 13.1. The Morgan fingerprint density at radius 2 is 1.53 bits per heavy atom. The normalized spacial score (nSPS) is 17.2. The van der Waals surface area contributed by atoms with E-state index in [1.807, 2.05) is 0 Å². The van der Waals surface area contributed by atoms with Crippen LogP contribution in [0.25, 0.3) is 0 Å². The smallest absolute Gasteiger partial charge is 0.416 e. The molecule has 0 spiro atoms. The van der Waals surface area contributed by atoms with E-state index in [4.69, 9.17) is 14.2 Å². The van der Waals surface area contributed by atoms with Crippen molar-refractivity contribution in [3.05, 3.63) is 57.9 Å². The number of allylic oxidation sites excluding steroid dienone is 2. The maximum atomic E-state index is 13.1. The number of esters is 2. The second-order valence-corrected chi connectivity index (χ2v) is 7.69. The summed E-state index contributed by atoms with van der Waals surface area (Å²) >= 11 is 0. The molecular weight excluding hydrogens is 427 g/mol. The standard InChI is InChI=1S/C23H28F3NO5/c1-13(2)32-22(29)19-15(4)27(5)14(3)18(21(28)31-12-11-30-6)20(19)16-7-9-17(10-8-16)23(24,25)26/h7-10,13,20H,11-12H2,1-6H3. The minimum atomic E-state index is -4.51. The summed E-state index contributed by atoms with van der Waals surface area (Å²) in [5.74, 6) is -2.28. The Bertz CT molecular complexity index is 917. The largest absolute Gasteiger partial charge is 0.460 e. The summed E-state index contributed by atoms with van der Waals surface area (Å²) in [5, 5.41) is 0. The Hall–Kier alpha value is -2.81. The van der Waals surface area contributed by atoms with Crippen LogP contribution >= 0.6 is 0 Å². The van der Waals surface area contributed by atoms with E-state index in [-0.39, 0.29) is 24.4 Å². The Morgan fingerprint density at radius 3 is 2.00 bits per heavy atom. The van der Waals surface area contributed by atoms with Gasteiger partial charge in [-0.25, -0.2) is 9.59 Å². The van der Waals surface area contributed by atoms with Gasteiger partial charge in [-0.05, 0) is 45.4 Å². The van der Waals surface area contributed by atoms with Crippen molar-refractivity contribution in [2.45, 2.75) is 45.9 Å². The molecule has 32 heavy (non-hydrogen) atoms. The van der Waals surface area contributed by atoms with Crippen LogP contribution in [0.3, 0.4) is 0 Å². The van der Waals surface area contributed by atoms with E-state index in [2.05, 4.69) is 0 Å².